The molecule has 3 heterocycles. The van der Waals surface area contributed by atoms with E-state index >= 15 is 0 Å². The van der Waals surface area contributed by atoms with Crippen LogP contribution in [-0.2, 0) is 10.9 Å². The van der Waals surface area contributed by atoms with Crippen LogP contribution in [0, 0.1) is 0 Å². The number of H-pyrrole nitrogens is 1. The van der Waals surface area contributed by atoms with Gasteiger partial charge in [-0.2, -0.15) is 13.2 Å². The maximum atomic E-state index is 12.9. The van der Waals surface area contributed by atoms with E-state index in [1.807, 2.05) is 24.3 Å². The molecule has 1 atom stereocenters. The monoisotopic (exact) mass is 347 g/mol. The number of alkyl halides is 3. The van der Waals surface area contributed by atoms with Crippen LogP contribution in [0.3, 0.4) is 0 Å². The molecule has 0 saturated carbocycles. The summed E-state index contributed by atoms with van der Waals surface area (Å²) in [5.74, 6) is 0. The number of fused-ring (bicyclic) bond motifs is 1. The largest absolute Gasteiger partial charge is 0.433 e. The standard InChI is InChI=1S/C18H16F3N3O/c19-18(20,21)17-9-12(3-4-23-17)14-7-11-1-2-13(8-15(11)24-14)16-10-22-5-6-25-16/h1-4,7-9,16,22,24H,5-6,10H2/t16-/m1/s1. The molecule has 4 nitrogen and oxygen atoms in total. The quantitative estimate of drug-likeness (QED) is 0.739. The van der Waals surface area contributed by atoms with E-state index in [2.05, 4.69) is 15.3 Å². The third-order valence-electron chi connectivity index (χ3n) is 4.31. The Hall–Kier alpha value is -2.38. The van der Waals surface area contributed by atoms with E-state index in [0.29, 0.717) is 17.9 Å². The summed E-state index contributed by atoms with van der Waals surface area (Å²) in [4.78, 5) is 6.60. The number of morpholine rings is 1. The fourth-order valence-corrected chi connectivity index (χ4v) is 3.03. The van der Waals surface area contributed by atoms with E-state index in [-0.39, 0.29) is 6.10 Å². The van der Waals surface area contributed by atoms with Gasteiger partial charge in [-0.3, -0.25) is 4.98 Å². The molecule has 7 heteroatoms. The molecule has 0 amide bonds. The number of ether oxygens (including phenoxy) is 1. The zero-order valence-corrected chi connectivity index (χ0v) is 13.2. The van der Waals surface area contributed by atoms with E-state index in [1.54, 1.807) is 6.07 Å². The van der Waals surface area contributed by atoms with E-state index in [1.165, 1.54) is 6.20 Å². The zero-order chi connectivity index (χ0) is 17.4. The molecule has 4 rings (SSSR count). The van der Waals surface area contributed by atoms with Gasteiger partial charge in [0.2, 0.25) is 0 Å². The predicted molar refractivity (Wildman–Crippen MR) is 88.1 cm³/mol. The summed E-state index contributed by atoms with van der Waals surface area (Å²) in [6.45, 7) is 2.25. The summed E-state index contributed by atoms with van der Waals surface area (Å²) in [5, 5.41) is 4.22. The number of hydrogen-bond donors (Lipinski definition) is 2. The SMILES string of the molecule is FC(F)(F)c1cc(-c2cc3ccc([C@H]4CNCCO4)cc3[nH]2)ccn1. The molecule has 1 aliphatic rings. The number of nitrogens with zero attached hydrogens (tertiary/aromatic N) is 1. The Morgan fingerprint density at radius 3 is 2.76 bits per heavy atom. The normalized spacial score (nSPS) is 18.6. The molecule has 1 aromatic carbocycles. The van der Waals surface area contributed by atoms with Gasteiger partial charge in [-0.1, -0.05) is 12.1 Å². The molecular weight excluding hydrogens is 331 g/mol. The van der Waals surface area contributed by atoms with Crippen LogP contribution < -0.4 is 5.32 Å². The summed E-state index contributed by atoms with van der Waals surface area (Å²) < 4.78 is 44.3. The number of benzene rings is 1. The molecule has 25 heavy (non-hydrogen) atoms. The second-order valence-corrected chi connectivity index (χ2v) is 6.02. The first kappa shape index (κ1) is 16.1. The van der Waals surface area contributed by atoms with Gasteiger partial charge in [-0.25, -0.2) is 0 Å². The summed E-state index contributed by atoms with van der Waals surface area (Å²) in [6.07, 6.45) is -3.29. The third kappa shape index (κ3) is 3.25. The number of rotatable bonds is 2. The fraction of sp³-hybridized carbons (Fsp3) is 0.278. The minimum atomic E-state index is -4.46. The Morgan fingerprint density at radius 2 is 2.00 bits per heavy atom. The van der Waals surface area contributed by atoms with Crippen molar-refractivity contribution in [1.82, 2.24) is 15.3 Å². The number of aromatic amines is 1. The minimum Gasteiger partial charge on any atom is -0.371 e. The number of aromatic nitrogens is 2. The minimum absolute atomic E-state index is 0.0114. The van der Waals surface area contributed by atoms with Crippen molar-refractivity contribution in [3.05, 3.63) is 53.9 Å². The molecule has 0 bridgehead atoms. The molecule has 2 N–H and O–H groups in total. The maximum absolute atomic E-state index is 12.9. The number of nitrogens with one attached hydrogen (secondary N) is 2. The highest BCUT2D eigenvalue weighted by atomic mass is 19.4. The van der Waals surface area contributed by atoms with Gasteiger partial charge in [-0.15, -0.1) is 0 Å². The summed E-state index contributed by atoms with van der Waals surface area (Å²) in [5.41, 5.74) is 2.09. The van der Waals surface area contributed by atoms with Gasteiger partial charge in [-0.05, 0) is 29.8 Å². The molecule has 0 unspecified atom stereocenters. The van der Waals surface area contributed by atoms with Gasteiger partial charge < -0.3 is 15.0 Å². The molecule has 2 aromatic heterocycles. The second kappa shape index (κ2) is 6.16. The summed E-state index contributed by atoms with van der Waals surface area (Å²) >= 11 is 0. The van der Waals surface area contributed by atoms with Crippen LogP contribution in [0.1, 0.15) is 17.4 Å². The van der Waals surface area contributed by atoms with Gasteiger partial charge in [0.1, 0.15) is 5.69 Å². The lowest BCUT2D eigenvalue weighted by molar-refractivity contribution is -0.141. The molecule has 3 aromatic rings. The average molecular weight is 347 g/mol. The van der Waals surface area contributed by atoms with Crippen LogP contribution >= 0.6 is 0 Å². The van der Waals surface area contributed by atoms with Crippen LogP contribution in [0.2, 0.25) is 0 Å². The van der Waals surface area contributed by atoms with Crippen molar-refractivity contribution in [3.63, 3.8) is 0 Å². The van der Waals surface area contributed by atoms with Crippen molar-refractivity contribution in [2.45, 2.75) is 12.3 Å². The van der Waals surface area contributed by atoms with Gasteiger partial charge in [0.15, 0.2) is 0 Å². The van der Waals surface area contributed by atoms with Gasteiger partial charge >= 0.3 is 6.18 Å². The van der Waals surface area contributed by atoms with E-state index in [9.17, 15) is 13.2 Å². The van der Waals surface area contributed by atoms with Crippen LogP contribution in [0.15, 0.2) is 42.6 Å². The molecule has 0 radical (unpaired) electrons. The summed E-state index contributed by atoms with van der Waals surface area (Å²) in [6, 6.07) is 10.4. The van der Waals surface area contributed by atoms with Crippen molar-refractivity contribution >= 4 is 10.9 Å². The number of halogens is 3. The van der Waals surface area contributed by atoms with Crippen molar-refractivity contribution in [2.24, 2.45) is 0 Å². The van der Waals surface area contributed by atoms with E-state index < -0.39 is 11.9 Å². The van der Waals surface area contributed by atoms with Crippen molar-refractivity contribution in [2.75, 3.05) is 19.7 Å². The third-order valence-corrected chi connectivity index (χ3v) is 4.31. The molecule has 1 aliphatic heterocycles. The smallest absolute Gasteiger partial charge is 0.371 e. The van der Waals surface area contributed by atoms with Crippen LogP contribution in [0.4, 0.5) is 13.2 Å². The lowest BCUT2D eigenvalue weighted by atomic mass is 10.1. The van der Waals surface area contributed by atoms with Crippen LogP contribution in [0.5, 0.6) is 0 Å². The Bertz CT molecular complexity index is 898. The van der Waals surface area contributed by atoms with E-state index in [4.69, 9.17) is 4.74 Å². The number of pyridine rings is 1. The maximum Gasteiger partial charge on any atom is 0.433 e. The molecular formula is C18H16F3N3O. The molecule has 1 saturated heterocycles. The number of hydrogen-bond acceptors (Lipinski definition) is 3. The Kier molecular flexibility index (Phi) is 3.97. The van der Waals surface area contributed by atoms with Gasteiger partial charge in [0.05, 0.1) is 12.7 Å². The molecule has 0 spiro atoms. The molecule has 130 valence electrons. The highest BCUT2D eigenvalue weighted by Crippen LogP contribution is 2.32. The van der Waals surface area contributed by atoms with Crippen LogP contribution in [-0.4, -0.2) is 29.7 Å². The average Bonchev–Trinajstić information content (AvgIpc) is 3.05. The zero-order valence-electron chi connectivity index (χ0n) is 13.2. The first-order chi connectivity index (χ1) is 12.0. The van der Waals surface area contributed by atoms with Gasteiger partial charge in [0, 0.05) is 41.4 Å². The van der Waals surface area contributed by atoms with Crippen molar-refractivity contribution in [1.29, 1.82) is 0 Å². The lowest BCUT2D eigenvalue weighted by Gasteiger charge is -2.23. The molecule has 1 fully saturated rings. The summed E-state index contributed by atoms with van der Waals surface area (Å²) in [7, 11) is 0. The highest BCUT2D eigenvalue weighted by Gasteiger charge is 2.32. The first-order valence-electron chi connectivity index (χ1n) is 7.99. The van der Waals surface area contributed by atoms with Crippen LogP contribution in [0.25, 0.3) is 22.2 Å². The Labute approximate surface area is 142 Å². The first-order valence-corrected chi connectivity index (χ1v) is 7.99. The van der Waals surface area contributed by atoms with Crippen molar-refractivity contribution in [3.8, 4) is 11.3 Å². The topological polar surface area (TPSA) is 49.9 Å². The van der Waals surface area contributed by atoms with Crippen molar-refractivity contribution < 1.29 is 17.9 Å². The lowest BCUT2D eigenvalue weighted by Crippen LogP contribution is -2.33. The van der Waals surface area contributed by atoms with E-state index in [0.717, 1.165) is 35.6 Å². The second-order valence-electron chi connectivity index (χ2n) is 6.02. The molecule has 0 aliphatic carbocycles. The highest BCUT2D eigenvalue weighted by molar-refractivity contribution is 5.86. The predicted octanol–water partition coefficient (Wildman–Crippen LogP) is 3.91. The van der Waals surface area contributed by atoms with Gasteiger partial charge in [0.25, 0.3) is 0 Å². The Balaban J connectivity index is 1.69. The fourth-order valence-electron chi connectivity index (χ4n) is 3.03. The Morgan fingerprint density at radius 1 is 1.12 bits per heavy atom.